The van der Waals surface area contributed by atoms with Gasteiger partial charge in [-0.1, -0.05) is 30.0 Å². The van der Waals surface area contributed by atoms with Crippen LogP contribution in [0.4, 0.5) is 5.82 Å². The van der Waals surface area contributed by atoms with Crippen LogP contribution < -0.4 is 5.32 Å². The van der Waals surface area contributed by atoms with Crippen LogP contribution in [0.3, 0.4) is 0 Å². The van der Waals surface area contributed by atoms with Gasteiger partial charge in [0.1, 0.15) is 11.5 Å². The fraction of sp³-hybridized carbons (Fsp3) is 0.217. The molecule has 1 N–H and O–H groups in total. The van der Waals surface area contributed by atoms with Gasteiger partial charge in [-0.05, 0) is 51.5 Å². The van der Waals surface area contributed by atoms with Gasteiger partial charge in [0.25, 0.3) is 0 Å². The first-order valence-corrected chi connectivity index (χ1v) is 10.0. The molecule has 0 amide bonds. The number of anilines is 1. The van der Waals surface area contributed by atoms with Crippen molar-refractivity contribution in [1.82, 2.24) is 14.4 Å². The Morgan fingerprint density at radius 2 is 1.86 bits per heavy atom. The van der Waals surface area contributed by atoms with Crippen LogP contribution in [-0.4, -0.2) is 19.9 Å². The molecule has 4 rings (SSSR count). The first-order valence-electron chi connectivity index (χ1n) is 9.19. The molecule has 0 saturated heterocycles. The standard InChI is InChI=1S/C23H22N4S.ClH/c1-16-14-19(28-18(16)11-10-17-8-6-5-7-9-17)21-22(26-23(2,3)4)27-13-12-24-15-20(27)25-21;/h5-9,12-15,26H,1-4H3;1H. The van der Waals surface area contributed by atoms with E-state index in [1.165, 1.54) is 5.56 Å². The van der Waals surface area contributed by atoms with Gasteiger partial charge < -0.3 is 5.32 Å². The van der Waals surface area contributed by atoms with Crippen LogP contribution in [0.5, 0.6) is 0 Å². The van der Waals surface area contributed by atoms with Crippen molar-refractivity contribution in [3.05, 3.63) is 71.0 Å². The molecule has 4 nitrogen and oxygen atoms in total. The molecule has 0 fully saturated rings. The zero-order chi connectivity index (χ0) is 19.7. The quantitative estimate of drug-likeness (QED) is 0.415. The van der Waals surface area contributed by atoms with E-state index in [2.05, 4.69) is 60.3 Å². The fourth-order valence-corrected chi connectivity index (χ4v) is 3.94. The number of benzene rings is 1. The summed E-state index contributed by atoms with van der Waals surface area (Å²) >= 11 is 1.68. The number of aryl methyl sites for hydroxylation is 1. The number of fused-ring (bicyclic) bond motifs is 1. The van der Waals surface area contributed by atoms with Crippen molar-refractivity contribution in [2.75, 3.05) is 5.32 Å². The first-order chi connectivity index (χ1) is 13.4. The minimum absolute atomic E-state index is 0. The van der Waals surface area contributed by atoms with Gasteiger partial charge in [-0.15, -0.1) is 23.7 Å². The van der Waals surface area contributed by atoms with Crippen molar-refractivity contribution < 1.29 is 0 Å². The number of nitrogens with zero attached hydrogens (tertiary/aromatic N) is 3. The highest BCUT2D eigenvalue weighted by Crippen LogP contribution is 2.36. The van der Waals surface area contributed by atoms with Crippen LogP contribution in [0.25, 0.3) is 16.2 Å². The third kappa shape index (κ3) is 4.61. The number of hydrogen-bond donors (Lipinski definition) is 1. The van der Waals surface area contributed by atoms with Gasteiger partial charge in [0.2, 0.25) is 0 Å². The molecule has 0 aliphatic rings. The zero-order valence-electron chi connectivity index (χ0n) is 16.9. The van der Waals surface area contributed by atoms with Gasteiger partial charge in [-0.3, -0.25) is 9.38 Å². The summed E-state index contributed by atoms with van der Waals surface area (Å²) in [5, 5.41) is 3.60. The number of halogens is 1. The Hall–Kier alpha value is -2.81. The maximum absolute atomic E-state index is 4.84. The average Bonchev–Trinajstić information content (AvgIpc) is 3.20. The van der Waals surface area contributed by atoms with E-state index >= 15 is 0 Å². The third-order valence-corrected chi connectivity index (χ3v) is 5.33. The highest BCUT2D eigenvalue weighted by Gasteiger charge is 2.21. The lowest BCUT2D eigenvalue weighted by Crippen LogP contribution is -2.27. The molecule has 0 bridgehead atoms. The third-order valence-electron chi connectivity index (χ3n) is 4.17. The molecule has 3 heterocycles. The number of nitrogens with one attached hydrogen (secondary N) is 1. The fourth-order valence-electron chi connectivity index (χ4n) is 2.93. The van der Waals surface area contributed by atoms with E-state index in [9.17, 15) is 0 Å². The molecule has 0 aliphatic heterocycles. The topological polar surface area (TPSA) is 42.2 Å². The predicted octanol–water partition coefficient (Wildman–Crippen LogP) is 5.80. The number of rotatable bonds is 2. The molecule has 0 unspecified atom stereocenters. The molecule has 0 aliphatic carbocycles. The van der Waals surface area contributed by atoms with Gasteiger partial charge in [-0.2, -0.15) is 0 Å². The number of hydrogen-bond acceptors (Lipinski definition) is 4. The van der Waals surface area contributed by atoms with Gasteiger partial charge in [0.15, 0.2) is 5.65 Å². The van der Waals surface area contributed by atoms with Crippen LogP contribution in [-0.2, 0) is 0 Å². The maximum atomic E-state index is 4.84. The van der Waals surface area contributed by atoms with Gasteiger partial charge in [0.05, 0.1) is 16.0 Å². The summed E-state index contributed by atoms with van der Waals surface area (Å²) < 4.78 is 2.05. The minimum atomic E-state index is -0.0871. The van der Waals surface area contributed by atoms with E-state index in [0.29, 0.717) is 0 Å². The van der Waals surface area contributed by atoms with E-state index in [-0.39, 0.29) is 17.9 Å². The second kappa shape index (κ2) is 8.28. The Morgan fingerprint density at radius 1 is 1.10 bits per heavy atom. The molecule has 148 valence electrons. The van der Waals surface area contributed by atoms with Crippen LogP contribution in [0, 0.1) is 18.8 Å². The first kappa shape index (κ1) is 20.9. The molecule has 0 atom stereocenters. The van der Waals surface area contributed by atoms with Crippen molar-refractivity contribution in [1.29, 1.82) is 0 Å². The van der Waals surface area contributed by atoms with Crippen molar-refractivity contribution >= 4 is 35.2 Å². The summed E-state index contributed by atoms with van der Waals surface area (Å²) in [5.74, 6) is 7.56. The van der Waals surface area contributed by atoms with Gasteiger partial charge >= 0.3 is 0 Å². The van der Waals surface area contributed by atoms with E-state index in [4.69, 9.17) is 4.98 Å². The molecule has 6 heteroatoms. The Balaban J connectivity index is 0.00000240. The lowest BCUT2D eigenvalue weighted by atomic mass is 10.1. The molecule has 4 aromatic rings. The molecule has 3 aromatic heterocycles. The van der Waals surface area contributed by atoms with E-state index in [1.807, 2.05) is 36.5 Å². The monoisotopic (exact) mass is 422 g/mol. The summed E-state index contributed by atoms with van der Waals surface area (Å²) in [5.41, 5.74) is 3.86. The summed E-state index contributed by atoms with van der Waals surface area (Å²) in [6.07, 6.45) is 5.51. The number of aromatic nitrogens is 3. The molecular formula is C23H23ClN4S. The number of thiophene rings is 1. The summed E-state index contributed by atoms with van der Waals surface area (Å²) in [6.45, 7) is 8.54. The second-order valence-corrected chi connectivity index (χ2v) is 8.78. The SMILES string of the molecule is Cc1cc(-c2nc3cnccn3c2NC(C)(C)C)sc1C#Cc1ccccc1.Cl. The Morgan fingerprint density at radius 3 is 2.59 bits per heavy atom. The summed E-state index contributed by atoms with van der Waals surface area (Å²) in [4.78, 5) is 11.2. The maximum Gasteiger partial charge on any atom is 0.157 e. The highest BCUT2D eigenvalue weighted by molar-refractivity contribution is 7.16. The minimum Gasteiger partial charge on any atom is -0.365 e. The number of imidazole rings is 1. The summed E-state index contributed by atoms with van der Waals surface area (Å²) in [6, 6.07) is 12.2. The van der Waals surface area contributed by atoms with Crippen LogP contribution in [0.2, 0.25) is 0 Å². The lowest BCUT2D eigenvalue weighted by molar-refractivity contribution is 0.629. The Labute approximate surface area is 181 Å². The summed E-state index contributed by atoms with van der Waals surface area (Å²) in [7, 11) is 0. The molecule has 0 saturated carbocycles. The lowest BCUT2D eigenvalue weighted by Gasteiger charge is -2.22. The predicted molar refractivity (Wildman–Crippen MR) is 124 cm³/mol. The van der Waals surface area contributed by atoms with Crippen molar-refractivity contribution in [2.24, 2.45) is 0 Å². The van der Waals surface area contributed by atoms with Gasteiger partial charge in [0, 0.05) is 23.5 Å². The van der Waals surface area contributed by atoms with Crippen LogP contribution >= 0.6 is 23.7 Å². The van der Waals surface area contributed by atoms with Crippen molar-refractivity contribution in [3.8, 4) is 22.4 Å². The van der Waals surface area contributed by atoms with E-state index in [0.717, 1.165) is 32.5 Å². The molecule has 29 heavy (non-hydrogen) atoms. The van der Waals surface area contributed by atoms with Crippen molar-refractivity contribution in [3.63, 3.8) is 0 Å². The van der Waals surface area contributed by atoms with Crippen LogP contribution in [0.1, 0.15) is 36.8 Å². The normalized spacial score (nSPS) is 10.9. The van der Waals surface area contributed by atoms with Gasteiger partial charge in [-0.25, -0.2) is 4.98 Å². The van der Waals surface area contributed by atoms with E-state index < -0.39 is 0 Å². The molecular weight excluding hydrogens is 400 g/mol. The highest BCUT2D eigenvalue weighted by atomic mass is 35.5. The van der Waals surface area contributed by atoms with Crippen LogP contribution in [0.15, 0.2) is 55.0 Å². The Bertz CT molecular complexity index is 1190. The molecule has 0 spiro atoms. The second-order valence-electron chi connectivity index (χ2n) is 7.73. The molecule has 0 radical (unpaired) electrons. The Kier molecular flexibility index (Phi) is 5.97. The molecule has 1 aromatic carbocycles. The zero-order valence-corrected chi connectivity index (χ0v) is 18.5. The largest absolute Gasteiger partial charge is 0.365 e. The van der Waals surface area contributed by atoms with E-state index in [1.54, 1.807) is 23.7 Å². The van der Waals surface area contributed by atoms with Crippen molar-refractivity contribution in [2.45, 2.75) is 33.2 Å². The smallest absolute Gasteiger partial charge is 0.157 e. The average molecular weight is 423 g/mol.